The van der Waals surface area contributed by atoms with Crippen LogP contribution < -0.4 is 0 Å². The molecule has 0 heterocycles. The normalized spacial score (nSPS) is 14.9. The third-order valence-electron chi connectivity index (χ3n) is 3.85. The molecule has 0 bridgehead atoms. The fraction of sp³-hybridized carbons (Fsp3) is 0.235. The summed E-state index contributed by atoms with van der Waals surface area (Å²) in [6.07, 6.45) is -2.24. The third-order valence-corrected chi connectivity index (χ3v) is 3.85. The number of benzene rings is 2. The SMILES string of the molecule is O=C(O)c1ccc(C(F)(F)F)cc1-c1ccc(C2CC2)cc1. The minimum Gasteiger partial charge on any atom is -0.478 e. The van der Waals surface area contributed by atoms with Crippen LogP contribution in [-0.4, -0.2) is 11.1 Å². The molecule has 2 aromatic carbocycles. The van der Waals surface area contributed by atoms with Gasteiger partial charge in [-0.3, -0.25) is 0 Å². The number of hydrogen-bond acceptors (Lipinski definition) is 1. The van der Waals surface area contributed by atoms with Crippen LogP contribution in [0.3, 0.4) is 0 Å². The van der Waals surface area contributed by atoms with Crippen molar-refractivity contribution in [3.05, 3.63) is 59.2 Å². The van der Waals surface area contributed by atoms with E-state index >= 15 is 0 Å². The molecule has 0 amide bonds. The number of aromatic carboxylic acids is 1. The molecule has 0 aromatic heterocycles. The molecule has 22 heavy (non-hydrogen) atoms. The highest BCUT2D eigenvalue weighted by Gasteiger charge is 2.31. The zero-order valence-corrected chi connectivity index (χ0v) is 11.5. The summed E-state index contributed by atoms with van der Waals surface area (Å²) in [4.78, 5) is 11.3. The van der Waals surface area contributed by atoms with Crippen molar-refractivity contribution in [3.8, 4) is 11.1 Å². The fourth-order valence-corrected chi connectivity index (χ4v) is 2.50. The molecule has 1 aliphatic carbocycles. The largest absolute Gasteiger partial charge is 0.478 e. The second-order valence-electron chi connectivity index (χ2n) is 5.46. The molecule has 1 N–H and O–H groups in total. The van der Waals surface area contributed by atoms with Gasteiger partial charge in [-0.05, 0) is 53.6 Å². The molecule has 1 fully saturated rings. The number of carbonyl (C=O) groups is 1. The first-order valence-corrected chi connectivity index (χ1v) is 6.91. The Bertz CT molecular complexity index is 714. The predicted molar refractivity (Wildman–Crippen MR) is 75.8 cm³/mol. The van der Waals surface area contributed by atoms with Crippen LogP contribution in [0.15, 0.2) is 42.5 Å². The molecule has 2 nitrogen and oxygen atoms in total. The van der Waals surface area contributed by atoms with Crippen molar-refractivity contribution in [2.45, 2.75) is 24.9 Å². The number of halogens is 3. The van der Waals surface area contributed by atoms with Gasteiger partial charge < -0.3 is 5.11 Å². The minimum atomic E-state index is -4.50. The quantitative estimate of drug-likeness (QED) is 0.871. The molecule has 1 saturated carbocycles. The average molecular weight is 306 g/mol. The Morgan fingerprint density at radius 2 is 1.68 bits per heavy atom. The summed E-state index contributed by atoms with van der Waals surface area (Å²) in [5.41, 5.74) is 0.733. The van der Waals surface area contributed by atoms with Crippen LogP contribution in [0, 0.1) is 0 Å². The Morgan fingerprint density at radius 3 is 2.18 bits per heavy atom. The van der Waals surface area contributed by atoms with Crippen molar-refractivity contribution in [3.63, 3.8) is 0 Å². The number of carboxylic acids is 1. The highest BCUT2D eigenvalue weighted by molar-refractivity contribution is 5.96. The molecule has 3 rings (SSSR count). The molecule has 0 spiro atoms. The number of rotatable bonds is 3. The Balaban J connectivity index is 2.07. The Labute approximate surface area is 125 Å². The van der Waals surface area contributed by atoms with E-state index in [9.17, 15) is 23.1 Å². The minimum absolute atomic E-state index is 0.0877. The van der Waals surface area contributed by atoms with E-state index in [0.29, 0.717) is 11.5 Å². The first-order chi connectivity index (χ1) is 10.4. The lowest BCUT2D eigenvalue weighted by Gasteiger charge is -2.12. The summed E-state index contributed by atoms with van der Waals surface area (Å²) in [7, 11) is 0. The lowest BCUT2D eigenvalue weighted by molar-refractivity contribution is -0.137. The third kappa shape index (κ3) is 2.84. The molecule has 114 valence electrons. The summed E-state index contributed by atoms with van der Waals surface area (Å²) < 4.78 is 38.5. The zero-order chi connectivity index (χ0) is 15.9. The van der Waals surface area contributed by atoms with Gasteiger partial charge in [0.05, 0.1) is 11.1 Å². The molecule has 5 heteroatoms. The van der Waals surface area contributed by atoms with Crippen molar-refractivity contribution in [1.82, 2.24) is 0 Å². The summed E-state index contributed by atoms with van der Waals surface area (Å²) in [6, 6.07) is 9.80. The molecule has 0 saturated heterocycles. The van der Waals surface area contributed by atoms with Gasteiger partial charge in [0, 0.05) is 0 Å². The average Bonchev–Trinajstić information content (AvgIpc) is 3.30. The maximum atomic E-state index is 12.8. The fourth-order valence-electron chi connectivity index (χ4n) is 2.50. The summed E-state index contributed by atoms with van der Waals surface area (Å²) >= 11 is 0. The van der Waals surface area contributed by atoms with Gasteiger partial charge >= 0.3 is 12.1 Å². The van der Waals surface area contributed by atoms with Crippen molar-refractivity contribution < 1.29 is 23.1 Å². The number of hydrogen-bond donors (Lipinski definition) is 1. The van der Waals surface area contributed by atoms with Gasteiger partial charge in [-0.15, -0.1) is 0 Å². The summed E-state index contributed by atoms with van der Waals surface area (Å²) in [6.45, 7) is 0. The van der Waals surface area contributed by atoms with E-state index in [1.807, 2.05) is 12.1 Å². The van der Waals surface area contributed by atoms with Crippen LogP contribution >= 0.6 is 0 Å². The second-order valence-corrected chi connectivity index (χ2v) is 5.46. The van der Waals surface area contributed by atoms with E-state index < -0.39 is 17.7 Å². The zero-order valence-electron chi connectivity index (χ0n) is 11.5. The van der Waals surface area contributed by atoms with E-state index in [0.717, 1.165) is 36.6 Å². The molecular weight excluding hydrogens is 293 g/mol. The van der Waals surface area contributed by atoms with Crippen LogP contribution in [0.1, 0.15) is 40.2 Å². The van der Waals surface area contributed by atoms with Crippen LogP contribution in [-0.2, 0) is 6.18 Å². The van der Waals surface area contributed by atoms with Crippen molar-refractivity contribution in [2.75, 3.05) is 0 Å². The number of alkyl halides is 3. The maximum absolute atomic E-state index is 12.8. The van der Waals surface area contributed by atoms with Gasteiger partial charge in [-0.1, -0.05) is 24.3 Å². The van der Waals surface area contributed by atoms with Gasteiger partial charge in [0.15, 0.2) is 0 Å². The lowest BCUT2D eigenvalue weighted by Crippen LogP contribution is -2.07. The highest BCUT2D eigenvalue weighted by atomic mass is 19.4. The molecule has 0 unspecified atom stereocenters. The van der Waals surface area contributed by atoms with Gasteiger partial charge in [0.25, 0.3) is 0 Å². The van der Waals surface area contributed by atoms with Crippen LogP contribution in [0.2, 0.25) is 0 Å². The standard InChI is InChI=1S/C17H13F3O2/c18-17(19,20)13-7-8-14(16(21)22)15(9-13)12-5-3-11(4-6-12)10-1-2-10/h3-10H,1-2H2,(H,21,22). The molecule has 0 atom stereocenters. The van der Waals surface area contributed by atoms with Crippen molar-refractivity contribution in [1.29, 1.82) is 0 Å². The van der Waals surface area contributed by atoms with Gasteiger partial charge in [-0.2, -0.15) is 13.2 Å². The highest BCUT2D eigenvalue weighted by Crippen LogP contribution is 2.41. The van der Waals surface area contributed by atoms with E-state index in [4.69, 9.17) is 0 Å². The van der Waals surface area contributed by atoms with Crippen molar-refractivity contribution >= 4 is 5.97 Å². The second kappa shape index (κ2) is 5.16. The van der Waals surface area contributed by atoms with E-state index in [2.05, 4.69) is 0 Å². The topological polar surface area (TPSA) is 37.3 Å². The molecular formula is C17H13F3O2. The van der Waals surface area contributed by atoms with E-state index in [-0.39, 0.29) is 11.1 Å². The first kappa shape index (κ1) is 14.6. The van der Waals surface area contributed by atoms with Crippen LogP contribution in [0.25, 0.3) is 11.1 Å². The lowest BCUT2D eigenvalue weighted by atomic mass is 9.95. The smallest absolute Gasteiger partial charge is 0.416 e. The Morgan fingerprint density at radius 1 is 1.05 bits per heavy atom. The summed E-state index contributed by atoms with van der Waals surface area (Å²) in [5.74, 6) is -0.704. The van der Waals surface area contributed by atoms with E-state index in [1.165, 1.54) is 0 Å². The number of carboxylic acid groups (broad SMARTS) is 1. The van der Waals surface area contributed by atoms with E-state index in [1.54, 1.807) is 12.1 Å². The first-order valence-electron chi connectivity index (χ1n) is 6.91. The van der Waals surface area contributed by atoms with Crippen LogP contribution in [0.5, 0.6) is 0 Å². The summed E-state index contributed by atoms with van der Waals surface area (Å²) in [5, 5.41) is 9.19. The van der Waals surface area contributed by atoms with Crippen LogP contribution in [0.4, 0.5) is 13.2 Å². The molecule has 0 radical (unpaired) electrons. The monoisotopic (exact) mass is 306 g/mol. The Hall–Kier alpha value is -2.30. The predicted octanol–water partition coefficient (Wildman–Crippen LogP) is 4.95. The maximum Gasteiger partial charge on any atom is 0.416 e. The Kier molecular flexibility index (Phi) is 3.43. The van der Waals surface area contributed by atoms with Gasteiger partial charge in [0.2, 0.25) is 0 Å². The molecule has 1 aliphatic rings. The van der Waals surface area contributed by atoms with Gasteiger partial charge in [-0.25, -0.2) is 4.79 Å². The van der Waals surface area contributed by atoms with Gasteiger partial charge in [0.1, 0.15) is 0 Å². The molecule has 0 aliphatic heterocycles. The van der Waals surface area contributed by atoms with Crippen molar-refractivity contribution in [2.24, 2.45) is 0 Å². The molecule has 2 aromatic rings.